The minimum absolute atomic E-state index is 0.141. The molecule has 2 aromatic heterocycles. The molecule has 2 aromatic carbocycles. The third kappa shape index (κ3) is 4.84. The van der Waals surface area contributed by atoms with Crippen molar-refractivity contribution in [2.45, 2.75) is 31.2 Å². The predicted octanol–water partition coefficient (Wildman–Crippen LogP) is 5.72. The first-order valence-corrected chi connectivity index (χ1v) is 11.3. The van der Waals surface area contributed by atoms with Crippen molar-refractivity contribution in [1.82, 2.24) is 19.7 Å². The minimum atomic E-state index is -0.409. The Labute approximate surface area is 196 Å². The first-order chi connectivity index (χ1) is 15.4. The molecule has 0 saturated carbocycles. The Kier molecular flexibility index (Phi) is 6.58. The lowest BCUT2D eigenvalue weighted by Gasteiger charge is -2.15. The van der Waals surface area contributed by atoms with Gasteiger partial charge in [-0.2, -0.15) is 0 Å². The molecular weight excluding hydrogens is 442 g/mol. The zero-order chi connectivity index (χ0) is 22.7. The Bertz CT molecular complexity index is 1260. The van der Waals surface area contributed by atoms with Gasteiger partial charge in [-0.3, -0.25) is 14.3 Å². The number of rotatable bonds is 6. The summed E-state index contributed by atoms with van der Waals surface area (Å²) in [5, 5.41) is 12.6. The monoisotopic (exact) mass is 463 g/mol. The molecule has 0 radical (unpaired) electrons. The maximum atomic E-state index is 12.8. The SMILES string of the molecule is Cc1ccc(-n2c(SC(C)C(=O)Nc3cccc(Cl)c3)nnc2-c2ccncc2)cc1C. The fourth-order valence-electron chi connectivity index (χ4n) is 3.15. The Morgan fingerprint density at radius 1 is 1.03 bits per heavy atom. The third-order valence-electron chi connectivity index (χ3n) is 5.06. The molecule has 4 rings (SSSR count). The van der Waals surface area contributed by atoms with E-state index in [-0.39, 0.29) is 5.91 Å². The van der Waals surface area contributed by atoms with Crippen molar-refractivity contribution >= 4 is 35.0 Å². The lowest BCUT2D eigenvalue weighted by Crippen LogP contribution is -2.22. The van der Waals surface area contributed by atoms with Gasteiger partial charge in [0.15, 0.2) is 11.0 Å². The first kappa shape index (κ1) is 22.0. The smallest absolute Gasteiger partial charge is 0.237 e. The molecule has 1 N–H and O–H groups in total. The van der Waals surface area contributed by atoms with Gasteiger partial charge in [-0.25, -0.2) is 0 Å². The molecule has 0 aliphatic heterocycles. The van der Waals surface area contributed by atoms with Crippen LogP contribution in [0.5, 0.6) is 0 Å². The number of carbonyl (C=O) groups excluding carboxylic acids is 1. The van der Waals surface area contributed by atoms with Crippen molar-refractivity contribution < 1.29 is 4.79 Å². The van der Waals surface area contributed by atoms with Crippen molar-refractivity contribution in [3.8, 4) is 17.1 Å². The van der Waals surface area contributed by atoms with Gasteiger partial charge in [0.25, 0.3) is 0 Å². The van der Waals surface area contributed by atoms with Gasteiger partial charge in [0.2, 0.25) is 5.91 Å². The van der Waals surface area contributed by atoms with Gasteiger partial charge >= 0.3 is 0 Å². The molecule has 0 bridgehead atoms. The average Bonchev–Trinajstić information content (AvgIpc) is 3.19. The van der Waals surface area contributed by atoms with Gasteiger partial charge in [-0.1, -0.05) is 35.5 Å². The van der Waals surface area contributed by atoms with Crippen LogP contribution < -0.4 is 5.32 Å². The van der Waals surface area contributed by atoms with Crippen molar-refractivity contribution in [3.63, 3.8) is 0 Å². The van der Waals surface area contributed by atoms with Crippen LogP contribution in [0.15, 0.2) is 72.1 Å². The summed E-state index contributed by atoms with van der Waals surface area (Å²) in [6.45, 7) is 5.99. The Morgan fingerprint density at radius 3 is 2.53 bits per heavy atom. The molecule has 1 atom stereocenters. The molecule has 0 fully saturated rings. The number of carbonyl (C=O) groups is 1. The van der Waals surface area contributed by atoms with Crippen molar-refractivity contribution in [1.29, 1.82) is 0 Å². The molecule has 162 valence electrons. The number of anilines is 1. The quantitative estimate of drug-likeness (QED) is 0.370. The molecule has 0 spiro atoms. The lowest BCUT2D eigenvalue weighted by atomic mass is 10.1. The van der Waals surface area contributed by atoms with Crippen LogP contribution in [0.25, 0.3) is 17.1 Å². The zero-order valence-corrected chi connectivity index (χ0v) is 19.5. The van der Waals surface area contributed by atoms with Gasteiger partial charge in [-0.15, -0.1) is 10.2 Å². The normalized spacial score (nSPS) is 11.9. The molecule has 2 heterocycles. The highest BCUT2D eigenvalue weighted by Crippen LogP contribution is 2.31. The standard InChI is InChI=1S/C24H22ClN5OS/c1-15-7-8-21(13-16(15)2)30-22(18-9-11-26-12-10-18)28-29-24(30)32-17(3)23(31)27-20-6-4-5-19(25)14-20/h4-14,17H,1-3H3,(H,27,31). The number of benzene rings is 2. The van der Waals surface area contributed by atoms with E-state index in [0.717, 1.165) is 11.3 Å². The number of nitrogens with zero attached hydrogens (tertiary/aromatic N) is 4. The summed E-state index contributed by atoms with van der Waals surface area (Å²) in [6.07, 6.45) is 3.45. The summed E-state index contributed by atoms with van der Waals surface area (Å²) in [4.78, 5) is 16.9. The van der Waals surface area contributed by atoms with Crippen LogP contribution in [-0.4, -0.2) is 30.9 Å². The highest BCUT2D eigenvalue weighted by Gasteiger charge is 2.22. The van der Waals surface area contributed by atoms with E-state index in [1.54, 1.807) is 36.7 Å². The third-order valence-corrected chi connectivity index (χ3v) is 6.34. The van der Waals surface area contributed by atoms with E-state index in [2.05, 4.69) is 46.5 Å². The lowest BCUT2D eigenvalue weighted by molar-refractivity contribution is -0.115. The number of thioether (sulfide) groups is 1. The molecule has 32 heavy (non-hydrogen) atoms. The maximum absolute atomic E-state index is 12.8. The molecule has 1 amide bonds. The summed E-state index contributed by atoms with van der Waals surface area (Å²) in [5.74, 6) is 0.554. The minimum Gasteiger partial charge on any atom is -0.325 e. The van der Waals surface area contributed by atoms with Crippen molar-refractivity contribution in [2.24, 2.45) is 0 Å². The molecule has 0 aliphatic rings. The van der Waals surface area contributed by atoms with Crippen LogP contribution in [0, 0.1) is 13.8 Å². The summed E-state index contributed by atoms with van der Waals surface area (Å²) < 4.78 is 1.98. The predicted molar refractivity (Wildman–Crippen MR) is 129 cm³/mol. The van der Waals surface area contributed by atoms with E-state index in [1.807, 2.05) is 29.7 Å². The van der Waals surface area contributed by atoms with Gasteiger partial charge in [0.1, 0.15) is 0 Å². The summed E-state index contributed by atoms with van der Waals surface area (Å²) in [7, 11) is 0. The highest BCUT2D eigenvalue weighted by molar-refractivity contribution is 8.00. The molecule has 0 aliphatic carbocycles. The summed E-state index contributed by atoms with van der Waals surface area (Å²) >= 11 is 7.38. The maximum Gasteiger partial charge on any atom is 0.237 e. The van der Waals surface area contributed by atoms with E-state index in [1.165, 1.54) is 22.9 Å². The van der Waals surface area contributed by atoms with Crippen LogP contribution >= 0.6 is 23.4 Å². The van der Waals surface area contributed by atoms with Gasteiger partial charge in [0.05, 0.1) is 10.9 Å². The van der Waals surface area contributed by atoms with Crippen LogP contribution in [0.2, 0.25) is 5.02 Å². The number of nitrogens with one attached hydrogen (secondary N) is 1. The van der Waals surface area contributed by atoms with E-state index < -0.39 is 5.25 Å². The second-order valence-corrected chi connectivity index (χ2v) is 9.15. The number of aryl methyl sites for hydroxylation is 2. The van der Waals surface area contributed by atoms with Gasteiger partial charge in [-0.05, 0) is 74.4 Å². The van der Waals surface area contributed by atoms with Gasteiger partial charge in [0, 0.05) is 28.7 Å². The molecule has 0 saturated heterocycles. The highest BCUT2D eigenvalue weighted by atomic mass is 35.5. The Balaban J connectivity index is 1.67. The van der Waals surface area contributed by atoms with Crippen LogP contribution in [-0.2, 0) is 4.79 Å². The molecule has 6 nitrogen and oxygen atoms in total. The second-order valence-electron chi connectivity index (χ2n) is 7.41. The largest absolute Gasteiger partial charge is 0.325 e. The first-order valence-electron chi connectivity index (χ1n) is 10.1. The van der Waals surface area contributed by atoms with Crippen LogP contribution in [0.4, 0.5) is 5.69 Å². The summed E-state index contributed by atoms with van der Waals surface area (Å²) in [5.41, 5.74) is 4.86. The van der Waals surface area contributed by atoms with E-state index in [0.29, 0.717) is 21.7 Å². The number of halogens is 1. The fraction of sp³-hybridized carbons (Fsp3) is 0.167. The number of hydrogen-bond donors (Lipinski definition) is 1. The number of amides is 1. The number of aromatic nitrogens is 4. The molecule has 4 aromatic rings. The Morgan fingerprint density at radius 2 is 1.81 bits per heavy atom. The number of pyridine rings is 1. The zero-order valence-electron chi connectivity index (χ0n) is 17.9. The van der Waals surface area contributed by atoms with E-state index >= 15 is 0 Å². The van der Waals surface area contributed by atoms with Crippen LogP contribution in [0.3, 0.4) is 0 Å². The number of hydrogen-bond acceptors (Lipinski definition) is 5. The molecular formula is C24H22ClN5OS. The second kappa shape index (κ2) is 9.54. The Hall–Kier alpha value is -3.16. The van der Waals surface area contributed by atoms with Crippen molar-refractivity contribution in [3.05, 3.63) is 83.1 Å². The van der Waals surface area contributed by atoms with Crippen molar-refractivity contribution in [2.75, 3.05) is 5.32 Å². The summed E-state index contributed by atoms with van der Waals surface area (Å²) in [6, 6.07) is 17.1. The van der Waals surface area contributed by atoms with Gasteiger partial charge < -0.3 is 5.32 Å². The molecule has 8 heteroatoms. The van der Waals surface area contributed by atoms with E-state index in [4.69, 9.17) is 11.6 Å². The average molecular weight is 464 g/mol. The van der Waals surface area contributed by atoms with E-state index in [9.17, 15) is 4.79 Å². The fourth-order valence-corrected chi connectivity index (χ4v) is 4.21. The molecule has 1 unspecified atom stereocenters. The topological polar surface area (TPSA) is 72.7 Å². The van der Waals surface area contributed by atoms with Crippen LogP contribution in [0.1, 0.15) is 18.1 Å².